The molecule has 0 unspecified atom stereocenters. The first-order valence-electron chi connectivity index (χ1n) is 8.23. The van der Waals surface area contributed by atoms with Crippen molar-refractivity contribution in [2.24, 2.45) is 0 Å². The van der Waals surface area contributed by atoms with E-state index in [9.17, 15) is 24.6 Å². The SMILES string of the molecule is COc1cc(C=C(C#N)C(=O)c2c[nH]c3cc(F)ccc23)c([N+](=O)[O-])cc1OC. The first-order chi connectivity index (χ1) is 13.9. The third kappa shape index (κ3) is 3.64. The lowest BCUT2D eigenvalue weighted by Crippen LogP contribution is -2.02. The van der Waals surface area contributed by atoms with Gasteiger partial charge in [-0.25, -0.2) is 4.39 Å². The average Bonchev–Trinajstić information content (AvgIpc) is 3.13. The van der Waals surface area contributed by atoms with E-state index in [4.69, 9.17) is 9.47 Å². The van der Waals surface area contributed by atoms with Crippen molar-refractivity contribution in [2.75, 3.05) is 14.2 Å². The van der Waals surface area contributed by atoms with Crippen molar-refractivity contribution in [3.63, 3.8) is 0 Å². The van der Waals surface area contributed by atoms with Gasteiger partial charge in [0.1, 0.15) is 17.5 Å². The number of nitro benzene ring substituents is 1. The number of Topliss-reactive ketones (excluding diaryl/α,β-unsaturated/α-hetero) is 1. The molecule has 29 heavy (non-hydrogen) atoms. The number of nitrogens with zero attached hydrogens (tertiary/aromatic N) is 2. The van der Waals surface area contributed by atoms with Gasteiger partial charge in [-0.2, -0.15) is 5.26 Å². The number of H-pyrrole nitrogens is 1. The maximum absolute atomic E-state index is 13.4. The Labute approximate surface area is 163 Å². The molecule has 0 atom stereocenters. The molecule has 8 nitrogen and oxygen atoms in total. The second kappa shape index (κ2) is 7.82. The minimum Gasteiger partial charge on any atom is -0.493 e. The van der Waals surface area contributed by atoms with Gasteiger partial charge in [-0.15, -0.1) is 0 Å². The van der Waals surface area contributed by atoms with Crippen LogP contribution < -0.4 is 9.47 Å². The fourth-order valence-electron chi connectivity index (χ4n) is 2.89. The Morgan fingerprint density at radius 1 is 1.24 bits per heavy atom. The number of carbonyl (C=O) groups excluding carboxylic acids is 1. The van der Waals surface area contributed by atoms with Gasteiger partial charge in [0.05, 0.1) is 30.8 Å². The highest BCUT2D eigenvalue weighted by Gasteiger charge is 2.22. The second-order valence-electron chi connectivity index (χ2n) is 5.91. The number of aromatic amines is 1. The molecule has 0 aliphatic heterocycles. The monoisotopic (exact) mass is 395 g/mol. The van der Waals surface area contributed by atoms with E-state index in [-0.39, 0.29) is 33.9 Å². The number of ether oxygens (including phenoxy) is 2. The number of halogens is 1. The van der Waals surface area contributed by atoms with Crippen LogP contribution in [0.2, 0.25) is 0 Å². The minimum absolute atomic E-state index is 0.00318. The van der Waals surface area contributed by atoms with Crippen LogP contribution in [0.15, 0.2) is 42.1 Å². The molecule has 0 fully saturated rings. The van der Waals surface area contributed by atoms with Crippen molar-refractivity contribution >= 4 is 28.4 Å². The minimum atomic E-state index is -0.658. The molecule has 3 aromatic rings. The van der Waals surface area contributed by atoms with Crippen LogP contribution >= 0.6 is 0 Å². The smallest absolute Gasteiger partial charge is 0.280 e. The molecule has 146 valence electrons. The number of ketones is 1. The molecule has 0 saturated carbocycles. The molecular weight excluding hydrogens is 381 g/mol. The summed E-state index contributed by atoms with van der Waals surface area (Å²) in [5.41, 5.74) is -0.142. The van der Waals surface area contributed by atoms with E-state index < -0.39 is 16.5 Å². The molecule has 9 heteroatoms. The van der Waals surface area contributed by atoms with Gasteiger partial charge in [0.25, 0.3) is 5.69 Å². The highest BCUT2D eigenvalue weighted by Crippen LogP contribution is 2.36. The van der Waals surface area contributed by atoms with Gasteiger partial charge in [0.15, 0.2) is 11.5 Å². The number of allylic oxidation sites excluding steroid dienone is 1. The van der Waals surface area contributed by atoms with E-state index in [1.807, 2.05) is 0 Å². The number of hydrogen-bond donors (Lipinski definition) is 1. The van der Waals surface area contributed by atoms with Crippen molar-refractivity contribution in [1.29, 1.82) is 5.26 Å². The summed E-state index contributed by atoms with van der Waals surface area (Å²) in [6.07, 6.45) is 2.48. The number of hydrogen-bond acceptors (Lipinski definition) is 6. The molecule has 3 rings (SSSR count). The van der Waals surface area contributed by atoms with Crippen molar-refractivity contribution in [3.05, 3.63) is 69.2 Å². The molecule has 0 radical (unpaired) electrons. The average molecular weight is 395 g/mol. The molecule has 0 saturated heterocycles. The van der Waals surface area contributed by atoms with Crippen molar-refractivity contribution in [2.45, 2.75) is 0 Å². The summed E-state index contributed by atoms with van der Waals surface area (Å²) in [6.45, 7) is 0. The first kappa shape index (κ1) is 19.6. The van der Waals surface area contributed by atoms with Crippen LogP contribution in [0.3, 0.4) is 0 Å². The highest BCUT2D eigenvalue weighted by molar-refractivity contribution is 6.20. The summed E-state index contributed by atoms with van der Waals surface area (Å²) < 4.78 is 23.6. The number of benzene rings is 2. The number of aromatic nitrogens is 1. The number of methoxy groups -OCH3 is 2. The number of nitriles is 1. The Balaban J connectivity index is 2.13. The predicted molar refractivity (Wildman–Crippen MR) is 102 cm³/mol. The summed E-state index contributed by atoms with van der Waals surface area (Å²) in [5.74, 6) is -0.790. The second-order valence-corrected chi connectivity index (χ2v) is 5.91. The molecule has 0 bridgehead atoms. The molecule has 0 aliphatic carbocycles. The molecule has 1 aromatic heterocycles. The maximum Gasteiger partial charge on any atom is 0.280 e. The standard InChI is InChI=1S/C20H14FN3O5/c1-28-18-6-11(17(24(26)27)8-19(18)29-2)5-12(9-22)20(25)15-10-23-16-7-13(21)3-4-14(15)16/h3-8,10,23H,1-2H3. The summed E-state index contributed by atoms with van der Waals surface area (Å²) in [4.78, 5) is 26.4. The number of nitro groups is 1. The summed E-state index contributed by atoms with van der Waals surface area (Å²) >= 11 is 0. The summed E-state index contributed by atoms with van der Waals surface area (Å²) in [7, 11) is 2.69. The van der Waals surface area contributed by atoms with Crippen LogP contribution in [0.4, 0.5) is 10.1 Å². The van der Waals surface area contributed by atoms with Crippen LogP contribution in [-0.2, 0) is 0 Å². The van der Waals surface area contributed by atoms with E-state index in [0.29, 0.717) is 10.9 Å². The van der Waals surface area contributed by atoms with Gasteiger partial charge >= 0.3 is 0 Å². The van der Waals surface area contributed by atoms with Gasteiger partial charge < -0.3 is 14.5 Å². The summed E-state index contributed by atoms with van der Waals surface area (Å²) in [6, 6.07) is 8.08. The van der Waals surface area contributed by atoms with Crippen molar-refractivity contribution in [1.82, 2.24) is 4.98 Å². The van der Waals surface area contributed by atoms with E-state index in [2.05, 4.69) is 4.98 Å². The van der Waals surface area contributed by atoms with Crippen LogP contribution in [0.25, 0.3) is 17.0 Å². The zero-order valence-corrected chi connectivity index (χ0v) is 15.4. The molecule has 0 spiro atoms. The largest absolute Gasteiger partial charge is 0.493 e. The number of fused-ring (bicyclic) bond motifs is 1. The molecule has 1 heterocycles. The zero-order chi connectivity index (χ0) is 21.1. The molecular formula is C20H14FN3O5. The van der Waals surface area contributed by atoms with Crippen LogP contribution in [-0.4, -0.2) is 29.9 Å². The fourth-order valence-corrected chi connectivity index (χ4v) is 2.89. The zero-order valence-electron chi connectivity index (χ0n) is 15.4. The van der Waals surface area contributed by atoms with E-state index >= 15 is 0 Å². The van der Waals surface area contributed by atoms with Gasteiger partial charge in [-0.1, -0.05) is 0 Å². The first-order valence-corrected chi connectivity index (χ1v) is 8.23. The van der Waals surface area contributed by atoms with Crippen LogP contribution in [0.1, 0.15) is 15.9 Å². The van der Waals surface area contributed by atoms with Gasteiger partial charge in [-0.05, 0) is 30.3 Å². The number of rotatable bonds is 6. The number of nitrogens with one attached hydrogen (secondary N) is 1. The highest BCUT2D eigenvalue weighted by atomic mass is 19.1. The van der Waals surface area contributed by atoms with Gasteiger partial charge in [-0.3, -0.25) is 14.9 Å². The number of carbonyl (C=O) groups is 1. The quantitative estimate of drug-likeness (QED) is 0.221. The van der Waals surface area contributed by atoms with Crippen molar-refractivity contribution in [3.8, 4) is 17.6 Å². The molecule has 0 aliphatic rings. The molecule has 0 amide bonds. The lowest BCUT2D eigenvalue weighted by Gasteiger charge is -2.09. The Morgan fingerprint density at radius 2 is 1.93 bits per heavy atom. The Bertz CT molecular complexity index is 1210. The summed E-state index contributed by atoms with van der Waals surface area (Å²) in [5, 5.41) is 21.4. The van der Waals surface area contributed by atoms with Gasteiger partial charge in [0, 0.05) is 22.7 Å². The maximum atomic E-state index is 13.4. The van der Waals surface area contributed by atoms with Crippen molar-refractivity contribution < 1.29 is 23.6 Å². The lowest BCUT2D eigenvalue weighted by molar-refractivity contribution is -0.385. The van der Waals surface area contributed by atoms with Gasteiger partial charge in [0.2, 0.25) is 5.78 Å². The van der Waals surface area contributed by atoms with E-state index in [1.54, 1.807) is 6.07 Å². The third-order valence-electron chi connectivity index (χ3n) is 4.28. The topological polar surface area (TPSA) is 118 Å². The Morgan fingerprint density at radius 3 is 2.55 bits per heavy atom. The van der Waals surface area contributed by atoms with Crippen LogP contribution in [0, 0.1) is 27.3 Å². The third-order valence-corrected chi connectivity index (χ3v) is 4.28. The fraction of sp³-hybridized carbons (Fsp3) is 0.100. The normalized spacial score (nSPS) is 11.2. The Kier molecular flexibility index (Phi) is 5.27. The lowest BCUT2D eigenvalue weighted by atomic mass is 10.0. The Hall–Kier alpha value is -4.19. The van der Waals surface area contributed by atoms with Crippen LogP contribution in [0.5, 0.6) is 11.5 Å². The molecule has 2 aromatic carbocycles. The predicted octanol–water partition coefficient (Wildman–Crippen LogP) is 4.02. The van der Waals surface area contributed by atoms with E-state index in [1.165, 1.54) is 44.7 Å². The molecule has 1 N–H and O–H groups in total. The van der Waals surface area contributed by atoms with E-state index in [0.717, 1.165) is 12.1 Å².